The van der Waals surface area contributed by atoms with E-state index < -0.39 is 5.97 Å². The zero-order chi connectivity index (χ0) is 12.7. The molecule has 0 bridgehead atoms. The van der Waals surface area contributed by atoms with Gasteiger partial charge in [0.2, 0.25) is 0 Å². The second kappa shape index (κ2) is 6.68. The number of thioether (sulfide) groups is 1. The van der Waals surface area contributed by atoms with E-state index in [1.54, 1.807) is 24.3 Å². The van der Waals surface area contributed by atoms with Gasteiger partial charge in [-0.1, -0.05) is 11.8 Å². The normalized spacial score (nSPS) is 9.82. The summed E-state index contributed by atoms with van der Waals surface area (Å²) in [6.07, 6.45) is 1.07. The zero-order valence-electron chi connectivity index (χ0n) is 8.58. The van der Waals surface area contributed by atoms with Gasteiger partial charge >= 0.3 is 5.97 Å². The Labute approximate surface area is 108 Å². The van der Waals surface area contributed by atoms with Crippen LogP contribution in [0.4, 0.5) is 5.69 Å². The first kappa shape index (κ1) is 13.2. The predicted molar refractivity (Wildman–Crippen MR) is 70.9 cm³/mol. The van der Waals surface area contributed by atoms with Gasteiger partial charge in [0, 0.05) is 16.7 Å². The number of carboxylic acids is 1. The van der Waals surface area contributed by atoms with Crippen LogP contribution in [0.3, 0.4) is 0 Å². The minimum Gasteiger partial charge on any atom is -0.478 e. The molecule has 86 valence electrons. The lowest BCUT2D eigenvalue weighted by Crippen LogP contribution is -2.04. The summed E-state index contributed by atoms with van der Waals surface area (Å²) in [5, 5.41) is 21.1. The number of anilines is 1. The lowest BCUT2D eigenvalue weighted by molar-refractivity contribution is -0.131. The summed E-state index contributed by atoms with van der Waals surface area (Å²) in [6.45, 7) is 0. The average molecular weight is 264 g/mol. The van der Waals surface area contributed by atoms with Crippen molar-refractivity contribution < 1.29 is 9.90 Å². The first-order valence-corrected chi connectivity index (χ1v) is 5.78. The van der Waals surface area contributed by atoms with Crippen molar-refractivity contribution in [1.82, 2.24) is 0 Å². The molecule has 1 aromatic carbocycles. The molecule has 0 aliphatic carbocycles. The highest BCUT2D eigenvalue weighted by Gasteiger charge is 1.96. The van der Waals surface area contributed by atoms with Crippen LogP contribution in [0.2, 0.25) is 0 Å². The highest BCUT2D eigenvalue weighted by Crippen LogP contribution is 2.21. The molecule has 0 unspecified atom stereocenters. The number of aliphatic carboxylic acids is 1. The Hall–Kier alpha value is -1.84. The van der Waals surface area contributed by atoms with Crippen molar-refractivity contribution in [2.45, 2.75) is 4.90 Å². The summed E-state index contributed by atoms with van der Waals surface area (Å²) in [5.41, 5.74) is 0.725. The molecule has 6 heteroatoms. The molecule has 0 saturated heterocycles. The Morgan fingerprint density at radius 2 is 2.12 bits per heavy atom. The molecule has 0 amide bonds. The molecule has 0 aromatic heterocycles. The van der Waals surface area contributed by atoms with Gasteiger partial charge in [-0.25, -0.2) is 4.79 Å². The molecular weight excluding hydrogens is 256 g/mol. The number of nitrogens with zero attached hydrogens (tertiary/aromatic N) is 1. The lowest BCUT2D eigenvalue weighted by atomic mass is 10.3. The fraction of sp³-hybridized carbons (Fsp3) is 0. The van der Waals surface area contributed by atoms with E-state index in [2.05, 4.69) is 5.32 Å². The van der Waals surface area contributed by atoms with Crippen molar-refractivity contribution in [2.24, 2.45) is 0 Å². The Kier molecular flexibility index (Phi) is 5.20. The Morgan fingerprint density at radius 3 is 2.65 bits per heavy atom. The van der Waals surface area contributed by atoms with E-state index in [1.807, 2.05) is 6.07 Å². The number of hydrogen-bond acceptors (Lipinski definition) is 4. The van der Waals surface area contributed by atoms with Crippen molar-refractivity contribution in [2.75, 3.05) is 5.32 Å². The molecule has 0 spiro atoms. The maximum atomic E-state index is 10.2. The van der Waals surface area contributed by atoms with Gasteiger partial charge in [0.05, 0.1) is 0 Å². The second-order valence-corrected chi connectivity index (χ2v) is 4.24. The summed E-state index contributed by atoms with van der Waals surface area (Å²) in [7, 11) is 0. The Balaban J connectivity index is 2.59. The molecule has 0 aliphatic rings. The van der Waals surface area contributed by atoms with E-state index in [0.717, 1.165) is 16.7 Å². The zero-order valence-corrected chi connectivity index (χ0v) is 10.2. The van der Waals surface area contributed by atoms with Gasteiger partial charge in [0.25, 0.3) is 0 Å². The fourth-order valence-corrected chi connectivity index (χ4v) is 1.70. The van der Waals surface area contributed by atoms with Crippen molar-refractivity contribution in [1.29, 1.82) is 5.26 Å². The number of benzene rings is 1. The van der Waals surface area contributed by atoms with E-state index in [4.69, 9.17) is 22.6 Å². The maximum absolute atomic E-state index is 10.2. The van der Waals surface area contributed by atoms with Crippen LogP contribution in [0.25, 0.3) is 0 Å². The van der Waals surface area contributed by atoms with Crippen molar-refractivity contribution in [3.8, 4) is 6.07 Å². The van der Waals surface area contributed by atoms with Gasteiger partial charge in [-0.2, -0.15) is 5.26 Å². The summed E-state index contributed by atoms with van der Waals surface area (Å²) in [5.74, 6) is -0.977. The number of rotatable bonds is 4. The van der Waals surface area contributed by atoms with Crippen LogP contribution in [0.1, 0.15) is 0 Å². The molecule has 1 aromatic rings. The number of thiocarbonyl (C=S) groups is 1. The average Bonchev–Trinajstić information content (AvgIpc) is 2.31. The van der Waals surface area contributed by atoms with Crippen molar-refractivity contribution >= 4 is 40.6 Å². The fourth-order valence-electron chi connectivity index (χ4n) is 0.947. The Bertz CT molecular complexity index is 489. The standard InChI is InChI=1S/C11H8N2O2S2/c12-7-10(16)13-8-1-3-9(4-2-8)17-6-5-11(14)15/h1-6H,(H,13,16)(H,14,15). The molecule has 0 fully saturated rings. The summed E-state index contributed by atoms with van der Waals surface area (Å²) < 4.78 is 0. The van der Waals surface area contributed by atoms with E-state index >= 15 is 0 Å². The van der Waals surface area contributed by atoms with Crippen LogP contribution in [-0.4, -0.2) is 16.1 Å². The van der Waals surface area contributed by atoms with E-state index in [-0.39, 0.29) is 4.99 Å². The summed E-state index contributed by atoms with van der Waals surface area (Å²) >= 11 is 6.01. The topological polar surface area (TPSA) is 73.1 Å². The van der Waals surface area contributed by atoms with Crippen LogP contribution in [-0.2, 0) is 4.79 Å². The second-order valence-electron chi connectivity index (χ2n) is 2.85. The quantitative estimate of drug-likeness (QED) is 0.495. The van der Waals surface area contributed by atoms with Crippen LogP contribution in [0.5, 0.6) is 0 Å². The molecule has 0 saturated carbocycles. The minimum atomic E-state index is -0.977. The van der Waals surface area contributed by atoms with E-state index in [0.29, 0.717) is 0 Å². The molecule has 1 rings (SSSR count). The number of carbonyl (C=O) groups is 1. The molecule has 4 nitrogen and oxygen atoms in total. The molecule has 0 aliphatic heterocycles. The van der Waals surface area contributed by atoms with Crippen molar-refractivity contribution in [3.05, 3.63) is 35.7 Å². The molecule has 2 N–H and O–H groups in total. The SMILES string of the molecule is N#CC(=S)Nc1ccc(SC=CC(=O)O)cc1. The highest BCUT2D eigenvalue weighted by molar-refractivity contribution is 8.02. The van der Waals surface area contributed by atoms with Crippen LogP contribution >= 0.6 is 24.0 Å². The van der Waals surface area contributed by atoms with Gasteiger partial charge in [-0.3, -0.25) is 0 Å². The molecule has 0 heterocycles. The minimum absolute atomic E-state index is 0.108. The molecule has 0 atom stereocenters. The first-order chi connectivity index (χ1) is 8.11. The monoisotopic (exact) mass is 264 g/mol. The third kappa shape index (κ3) is 5.15. The summed E-state index contributed by atoms with van der Waals surface area (Å²) in [4.78, 5) is 11.2. The molecule has 0 radical (unpaired) electrons. The van der Waals surface area contributed by atoms with Gasteiger partial charge < -0.3 is 10.4 Å². The first-order valence-electron chi connectivity index (χ1n) is 4.49. The molecule has 17 heavy (non-hydrogen) atoms. The highest BCUT2D eigenvalue weighted by atomic mass is 32.2. The maximum Gasteiger partial charge on any atom is 0.328 e. The van der Waals surface area contributed by atoms with Gasteiger partial charge in [0.15, 0.2) is 4.99 Å². The number of carboxylic acid groups (broad SMARTS) is 1. The van der Waals surface area contributed by atoms with Gasteiger partial charge in [-0.05, 0) is 41.9 Å². The number of nitrogens with one attached hydrogen (secondary N) is 1. The van der Waals surface area contributed by atoms with Gasteiger partial charge in [0.1, 0.15) is 6.07 Å². The van der Waals surface area contributed by atoms with E-state index in [9.17, 15) is 4.79 Å². The smallest absolute Gasteiger partial charge is 0.328 e. The largest absolute Gasteiger partial charge is 0.478 e. The number of nitriles is 1. The third-order valence-corrected chi connectivity index (χ3v) is 2.64. The molecular formula is C11H8N2O2S2. The van der Waals surface area contributed by atoms with Crippen LogP contribution < -0.4 is 5.32 Å². The van der Waals surface area contributed by atoms with Gasteiger partial charge in [-0.15, -0.1) is 0 Å². The lowest BCUT2D eigenvalue weighted by Gasteiger charge is -2.02. The van der Waals surface area contributed by atoms with Crippen LogP contribution in [0, 0.1) is 11.3 Å². The number of hydrogen-bond donors (Lipinski definition) is 2. The summed E-state index contributed by atoms with van der Waals surface area (Å²) in [6, 6.07) is 8.95. The van der Waals surface area contributed by atoms with E-state index in [1.165, 1.54) is 17.2 Å². The Morgan fingerprint density at radius 1 is 1.47 bits per heavy atom. The van der Waals surface area contributed by atoms with Crippen LogP contribution in [0.15, 0.2) is 40.6 Å². The predicted octanol–water partition coefficient (Wildman–Crippen LogP) is 2.64. The third-order valence-electron chi connectivity index (χ3n) is 1.63. The van der Waals surface area contributed by atoms with Crippen molar-refractivity contribution in [3.63, 3.8) is 0 Å².